The van der Waals surface area contributed by atoms with Crippen LogP contribution in [0.1, 0.15) is 12.2 Å². The van der Waals surface area contributed by atoms with E-state index >= 15 is 0 Å². The molecular formula is C18H13ClF4N2O3S. The van der Waals surface area contributed by atoms with Gasteiger partial charge in [-0.2, -0.15) is 0 Å². The molecule has 0 bridgehead atoms. The number of hydrogen-bond acceptors (Lipinski definition) is 4. The van der Waals surface area contributed by atoms with Gasteiger partial charge >= 0.3 is 0 Å². The van der Waals surface area contributed by atoms with Gasteiger partial charge in [-0.25, -0.2) is 31.0 Å². The summed E-state index contributed by atoms with van der Waals surface area (Å²) in [6.45, 7) is 0. The summed E-state index contributed by atoms with van der Waals surface area (Å²) in [6.07, 6.45) is -2.33. The van der Waals surface area contributed by atoms with Gasteiger partial charge in [-0.3, -0.25) is 0 Å². The third-order valence-electron chi connectivity index (χ3n) is 4.01. The molecule has 1 aromatic heterocycles. The number of sulfone groups is 1. The molecule has 0 amide bonds. The van der Waals surface area contributed by atoms with Gasteiger partial charge in [0.2, 0.25) is 0 Å². The Morgan fingerprint density at radius 2 is 1.72 bits per heavy atom. The third kappa shape index (κ3) is 4.08. The molecule has 11 heteroatoms. The zero-order valence-electron chi connectivity index (χ0n) is 14.9. The van der Waals surface area contributed by atoms with Crippen LogP contribution in [0.2, 0.25) is 5.02 Å². The predicted octanol–water partition coefficient (Wildman–Crippen LogP) is 5.03. The van der Waals surface area contributed by atoms with Gasteiger partial charge in [-0.15, -0.1) is 0 Å². The standard InChI is InChI=1S/C18H13ClF4N2O3S/c1-28-13-4-3-8(5-10(13)19)14-15(25-18(24-14)17(22)23)9-6-11(20)16(12(21)7-9)29(2,26)27/h3-7,17H,1-2H3,(H,24,25). The number of imidazole rings is 1. The highest BCUT2D eigenvalue weighted by Gasteiger charge is 2.25. The van der Waals surface area contributed by atoms with E-state index in [1.165, 1.54) is 25.3 Å². The van der Waals surface area contributed by atoms with E-state index in [0.29, 0.717) is 17.6 Å². The van der Waals surface area contributed by atoms with Gasteiger partial charge < -0.3 is 9.72 Å². The van der Waals surface area contributed by atoms with Crippen molar-refractivity contribution in [1.29, 1.82) is 0 Å². The molecule has 5 nitrogen and oxygen atoms in total. The second kappa shape index (κ2) is 7.68. The van der Waals surface area contributed by atoms with E-state index in [9.17, 15) is 26.0 Å². The van der Waals surface area contributed by atoms with E-state index in [2.05, 4.69) is 9.97 Å². The van der Waals surface area contributed by atoms with Crippen molar-refractivity contribution < 1.29 is 30.7 Å². The molecule has 1 heterocycles. The molecule has 29 heavy (non-hydrogen) atoms. The predicted molar refractivity (Wildman–Crippen MR) is 99.0 cm³/mol. The van der Waals surface area contributed by atoms with Gasteiger partial charge in [0.05, 0.1) is 23.5 Å². The number of hydrogen-bond donors (Lipinski definition) is 1. The van der Waals surface area contributed by atoms with E-state index < -0.39 is 38.6 Å². The maximum absolute atomic E-state index is 14.3. The lowest BCUT2D eigenvalue weighted by Gasteiger charge is -2.09. The number of aromatic amines is 1. The molecule has 0 unspecified atom stereocenters. The monoisotopic (exact) mass is 448 g/mol. The summed E-state index contributed by atoms with van der Waals surface area (Å²) in [7, 11) is -2.78. The fourth-order valence-electron chi connectivity index (χ4n) is 2.79. The van der Waals surface area contributed by atoms with Gasteiger partial charge in [0.15, 0.2) is 15.7 Å². The minimum atomic E-state index is -4.18. The van der Waals surface area contributed by atoms with Crippen molar-refractivity contribution in [3.8, 4) is 28.3 Å². The largest absolute Gasteiger partial charge is 0.495 e. The number of H-pyrrole nitrogens is 1. The van der Waals surface area contributed by atoms with Crippen LogP contribution in [0.15, 0.2) is 35.2 Å². The number of rotatable bonds is 5. The number of benzene rings is 2. The molecule has 0 saturated heterocycles. The number of alkyl halides is 2. The summed E-state index contributed by atoms with van der Waals surface area (Å²) >= 11 is 6.07. The van der Waals surface area contributed by atoms with Crippen LogP contribution in [0, 0.1) is 11.6 Å². The summed E-state index contributed by atoms with van der Waals surface area (Å²) in [6, 6.07) is 5.83. The molecule has 0 spiro atoms. The topological polar surface area (TPSA) is 72.0 Å². The zero-order chi connectivity index (χ0) is 21.5. The van der Waals surface area contributed by atoms with Gasteiger partial charge in [-0.1, -0.05) is 11.6 Å². The van der Waals surface area contributed by atoms with Crippen molar-refractivity contribution >= 4 is 21.4 Å². The van der Waals surface area contributed by atoms with Crippen LogP contribution in [-0.4, -0.2) is 31.8 Å². The minimum Gasteiger partial charge on any atom is -0.495 e. The number of halogens is 5. The molecule has 3 aromatic rings. The Morgan fingerprint density at radius 1 is 1.10 bits per heavy atom. The molecule has 0 atom stereocenters. The normalized spacial score (nSPS) is 11.9. The van der Waals surface area contributed by atoms with Crippen LogP contribution in [0.4, 0.5) is 17.6 Å². The Labute approximate surface area is 168 Å². The van der Waals surface area contributed by atoms with Gasteiger partial charge in [0.25, 0.3) is 6.43 Å². The molecule has 0 aliphatic heterocycles. The molecule has 0 aliphatic carbocycles. The lowest BCUT2D eigenvalue weighted by Crippen LogP contribution is -2.05. The fraction of sp³-hybridized carbons (Fsp3) is 0.167. The van der Waals surface area contributed by atoms with Crippen molar-refractivity contribution in [3.63, 3.8) is 0 Å². The van der Waals surface area contributed by atoms with Crippen molar-refractivity contribution in [2.75, 3.05) is 13.4 Å². The Kier molecular flexibility index (Phi) is 5.59. The van der Waals surface area contributed by atoms with Crippen LogP contribution in [0.3, 0.4) is 0 Å². The zero-order valence-corrected chi connectivity index (χ0v) is 16.5. The van der Waals surface area contributed by atoms with Gasteiger partial charge in [0.1, 0.15) is 22.3 Å². The molecule has 2 aromatic carbocycles. The van der Waals surface area contributed by atoms with E-state index in [-0.39, 0.29) is 22.0 Å². The molecule has 0 aliphatic rings. The first-order valence-electron chi connectivity index (χ1n) is 7.94. The highest BCUT2D eigenvalue weighted by Crippen LogP contribution is 2.37. The van der Waals surface area contributed by atoms with Crippen LogP contribution in [-0.2, 0) is 9.84 Å². The quantitative estimate of drug-likeness (QED) is 0.556. The molecule has 3 rings (SSSR count). The average molecular weight is 449 g/mol. The Hall–Kier alpha value is -2.59. The Bertz CT molecular complexity index is 1170. The summed E-state index contributed by atoms with van der Waals surface area (Å²) in [5, 5.41) is 0.175. The van der Waals surface area contributed by atoms with Crippen molar-refractivity contribution in [3.05, 3.63) is 52.8 Å². The van der Waals surface area contributed by atoms with Crippen LogP contribution < -0.4 is 4.74 Å². The van der Waals surface area contributed by atoms with E-state index in [4.69, 9.17) is 16.3 Å². The highest BCUT2D eigenvalue weighted by molar-refractivity contribution is 7.90. The third-order valence-corrected chi connectivity index (χ3v) is 5.44. The van der Waals surface area contributed by atoms with Crippen LogP contribution >= 0.6 is 11.6 Å². The van der Waals surface area contributed by atoms with Crippen molar-refractivity contribution in [2.24, 2.45) is 0 Å². The second-order valence-electron chi connectivity index (χ2n) is 6.04. The fourth-order valence-corrected chi connectivity index (χ4v) is 3.87. The number of ether oxygens (including phenoxy) is 1. The summed E-state index contributed by atoms with van der Waals surface area (Å²) in [4.78, 5) is 5.05. The molecular weight excluding hydrogens is 436 g/mol. The molecule has 154 valence electrons. The first-order chi connectivity index (χ1) is 13.5. The van der Waals surface area contributed by atoms with E-state index in [1.54, 1.807) is 0 Å². The SMILES string of the molecule is COc1ccc(-c2[nH]c(C(F)F)nc2-c2cc(F)c(S(C)(=O)=O)c(F)c2)cc1Cl. The highest BCUT2D eigenvalue weighted by atomic mass is 35.5. The second-order valence-corrected chi connectivity index (χ2v) is 8.40. The first kappa shape index (κ1) is 21.1. The van der Waals surface area contributed by atoms with E-state index in [0.717, 1.165) is 12.1 Å². The van der Waals surface area contributed by atoms with E-state index in [1.807, 2.05) is 0 Å². The number of nitrogens with one attached hydrogen (secondary N) is 1. The number of aromatic nitrogens is 2. The van der Waals surface area contributed by atoms with Crippen LogP contribution in [0.25, 0.3) is 22.5 Å². The smallest absolute Gasteiger partial charge is 0.295 e. The van der Waals surface area contributed by atoms with Crippen molar-refractivity contribution in [1.82, 2.24) is 9.97 Å². The summed E-state index contributed by atoms with van der Waals surface area (Å²) < 4.78 is 83.2. The Balaban J connectivity index is 2.24. The van der Waals surface area contributed by atoms with Crippen LogP contribution in [0.5, 0.6) is 5.75 Å². The maximum Gasteiger partial charge on any atom is 0.295 e. The number of nitrogens with zero attached hydrogens (tertiary/aromatic N) is 1. The first-order valence-corrected chi connectivity index (χ1v) is 10.2. The van der Waals surface area contributed by atoms with Gasteiger partial charge in [0, 0.05) is 17.4 Å². The molecule has 0 saturated carbocycles. The number of methoxy groups -OCH3 is 1. The average Bonchev–Trinajstić information content (AvgIpc) is 3.05. The lowest BCUT2D eigenvalue weighted by atomic mass is 10.0. The maximum atomic E-state index is 14.3. The van der Waals surface area contributed by atoms with Gasteiger partial charge in [-0.05, 0) is 30.3 Å². The molecule has 1 N–H and O–H groups in total. The lowest BCUT2D eigenvalue weighted by molar-refractivity contribution is 0.141. The summed E-state index contributed by atoms with van der Waals surface area (Å²) in [5.41, 5.74) is -0.0918. The Morgan fingerprint density at radius 3 is 2.21 bits per heavy atom. The van der Waals surface area contributed by atoms with Crippen molar-refractivity contribution in [2.45, 2.75) is 11.3 Å². The summed E-state index contributed by atoms with van der Waals surface area (Å²) in [5.74, 6) is -3.11. The molecule has 0 fully saturated rings. The molecule has 0 radical (unpaired) electrons. The minimum absolute atomic E-state index is 0.0239.